The second-order valence-corrected chi connectivity index (χ2v) is 6.93. The highest BCUT2D eigenvalue weighted by molar-refractivity contribution is 7.09. The van der Waals surface area contributed by atoms with Gasteiger partial charge >= 0.3 is 0 Å². The molecule has 0 bridgehead atoms. The maximum absolute atomic E-state index is 5.03. The molecule has 2 nitrogen and oxygen atoms in total. The molecular formula is C15H24N2S. The molecule has 2 aliphatic rings. The number of nitrogens with zero attached hydrogens (tertiary/aromatic N) is 1. The third-order valence-corrected chi connectivity index (χ3v) is 5.93. The number of hydrogen-bond donors (Lipinski definition) is 1. The Hall–Kier alpha value is -0.410. The number of likely N-dealkylation sites (N-methyl/N-ethyl adjacent to an activating group) is 1. The molecule has 100 valence electrons. The molecule has 0 saturated heterocycles. The summed E-state index contributed by atoms with van der Waals surface area (Å²) in [5, 5.41) is 7.12. The van der Waals surface area contributed by atoms with Crippen LogP contribution in [0.2, 0.25) is 0 Å². The molecule has 3 heteroatoms. The van der Waals surface area contributed by atoms with E-state index in [0.717, 1.165) is 12.5 Å². The van der Waals surface area contributed by atoms with E-state index in [9.17, 15) is 0 Å². The van der Waals surface area contributed by atoms with Crippen LogP contribution in [0, 0.1) is 0 Å². The molecule has 2 saturated carbocycles. The Labute approximate surface area is 114 Å². The summed E-state index contributed by atoms with van der Waals surface area (Å²) in [5.41, 5.74) is 1.78. The predicted molar refractivity (Wildman–Crippen MR) is 77.4 cm³/mol. The van der Waals surface area contributed by atoms with Crippen molar-refractivity contribution in [3.05, 3.63) is 16.1 Å². The molecule has 1 aromatic rings. The van der Waals surface area contributed by atoms with E-state index in [-0.39, 0.29) is 0 Å². The van der Waals surface area contributed by atoms with Crippen LogP contribution in [0.25, 0.3) is 0 Å². The molecule has 1 N–H and O–H groups in total. The minimum atomic E-state index is 0.381. The Balaban J connectivity index is 1.75. The fourth-order valence-corrected chi connectivity index (χ4v) is 4.69. The van der Waals surface area contributed by atoms with E-state index < -0.39 is 0 Å². The van der Waals surface area contributed by atoms with Crippen molar-refractivity contribution in [1.29, 1.82) is 0 Å². The van der Waals surface area contributed by atoms with Gasteiger partial charge in [0, 0.05) is 23.3 Å². The molecule has 0 aromatic carbocycles. The van der Waals surface area contributed by atoms with E-state index in [4.69, 9.17) is 4.98 Å². The Kier molecular flexibility index (Phi) is 3.71. The van der Waals surface area contributed by atoms with Gasteiger partial charge in [-0.25, -0.2) is 4.98 Å². The van der Waals surface area contributed by atoms with E-state index >= 15 is 0 Å². The Morgan fingerprint density at radius 3 is 2.67 bits per heavy atom. The summed E-state index contributed by atoms with van der Waals surface area (Å²) in [6, 6.07) is 0. The third kappa shape index (κ3) is 2.23. The van der Waals surface area contributed by atoms with Crippen molar-refractivity contribution < 1.29 is 0 Å². The average Bonchev–Trinajstić information content (AvgIpc) is 2.84. The zero-order valence-electron chi connectivity index (χ0n) is 11.4. The summed E-state index contributed by atoms with van der Waals surface area (Å²) < 4.78 is 0. The number of nitrogens with one attached hydrogen (secondary N) is 1. The summed E-state index contributed by atoms with van der Waals surface area (Å²) >= 11 is 1.91. The zero-order valence-corrected chi connectivity index (χ0v) is 12.2. The van der Waals surface area contributed by atoms with Crippen LogP contribution >= 0.6 is 11.3 Å². The quantitative estimate of drug-likeness (QED) is 0.894. The van der Waals surface area contributed by atoms with Crippen molar-refractivity contribution >= 4 is 11.3 Å². The van der Waals surface area contributed by atoms with E-state index in [0.29, 0.717) is 5.41 Å². The highest BCUT2D eigenvalue weighted by Gasteiger charge is 2.40. The van der Waals surface area contributed by atoms with Crippen LogP contribution in [0.15, 0.2) is 5.38 Å². The van der Waals surface area contributed by atoms with Gasteiger partial charge in [0.15, 0.2) is 0 Å². The molecule has 0 aliphatic heterocycles. The van der Waals surface area contributed by atoms with E-state index in [1.807, 2.05) is 11.3 Å². The first-order chi connectivity index (χ1) is 8.84. The first kappa shape index (κ1) is 12.6. The van der Waals surface area contributed by atoms with E-state index in [2.05, 4.69) is 17.7 Å². The smallest absolute Gasteiger partial charge is 0.100 e. The molecule has 0 radical (unpaired) electrons. The highest BCUT2D eigenvalue weighted by atomic mass is 32.1. The lowest BCUT2D eigenvalue weighted by atomic mass is 9.69. The van der Waals surface area contributed by atoms with Gasteiger partial charge in [0.1, 0.15) is 5.01 Å². The number of aromatic nitrogens is 1. The third-order valence-electron chi connectivity index (χ3n) is 4.82. The summed E-state index contributed by atoms with van der Waals surface area (Å²) in [7, 11) is 2.07. The van der Waals surface area contributed by atoms with Crippen LogP contribution in [0.5, 0.6) is 0 Å². The molecule has 1 aromatic heterocycles. The minimum Gasteiger partial charge on any atom is -0.319 e. The summed E-state index contributed by atoms with van der Waals surface area (Å²) in [5.74, 6) is 0.760. The number of thiazole rings is 1. The molecule has 1 heterocycles. The van der Waals surface area contributed by atoms with Gasteiger partial charge in [0.2, 0.25) is 0 Å². The molecule has 0 unspecified atom stereocenters. The summed E-state index contributed by atoms with van der Waals surface area (Å²) in [4.78, 5) is 5.03. The van der Waals surface area contributed by atoms with Gasteiger partial charge in [0.25, 0.3) is 0 Å². The van der Waals surface area contributed by atoms with Gasteiger partial charge < -0.3 is 5.32 Å². The molecular weight excluding hydrogens is 240 g/mol. The summed E-state index contributed by atoms with van der Waals surface area (Å²) in [6.07, 6.45) is 11.0. The Morgan fingerprint density at radius 2 is 2.06 bits per heavy atom. The van der Waals surface area contributed by atoms with Gasteiger partial charge in [-0.2, -0.15) is 0 Å². The van der Waals surface area contributed by atoms with Gasteiger partial charge in [0.05, 0.1) is 5.69 Å². The molecule has 18 heavy (non-hydrogen) atoms. The first-order valence-electron chi connectivity index (χ1n) is 7.45. The van der Waals surface area contributed by atoms with Gasteiger partial charge in [-0.1, -0.05) is 25.7 Å². The van der Waals surface area contributed by atoms with Crippen molar-refractivity contribution in [2.45, 2.75) is 62.7 Å². The average molecular weight is 264 g/mol. The van der Waals surface area contributed by atoms with Crippen molar-refractivity contribution in [1.82, 2.24) is 10.3 Å². The first-order valence-corrected chi connectivity index (χ1v) is 8.32. The lowest BCUT2D eigenvalue weighted by Crippen LogP contribution is -2.42. The van der Waals surface area contributed by atoms with Crippen LogP contribution in [-0.4, -0.2) is 18.6 Å². The fraction of sp³-hybridized carbons (Fsp3) is 0.800. The van der Waals surface area contributed by atoms with Gasteiger partial charge in [-0.3, -0.25) is 0 Å². The number of rotatable bonds is 4. The lowest BCUT2D eigenvalue weighted by molar-refractivity contribution is 0.237. The van der Waals surface area contributed by atoms with Crippen molar-refractivity contribution in [2.24, 2.45) is 0 Å². The van der Waals surface area contributed by atoms with Crippen LogP contribution < -0.4 is 5.32 Å². The maximum atomic E-state index is 5.03. The standard InChI is InChI=1S/C15H24N2S/c1-16-11-15(8-5-9-15)14-17-13(10-18-14)12-6-3-2-4-7-12/h10,12,16H,2-9,11H2,1H3. The van der Waals surface area contributed by atoms with Crippen LogP contribution in [0.4, 0.5) is 0 Å². The second kappa shape index (κ2) is 5.30. The molecule has 2 aliphatic carbocycles. The lowest BCUT2D eigenvalue weighted by Gasteiger charge is -2.40. The monoisotopic (exact) mass is 264 g/mol. The second-order valence-electron chi connectivity index (χ2n) is 6.08. The van der Waals surface area contributed by atoms with E-state index in [1.54, 1.807) is 0 Å². The van der Waals surface area contributed by atoms with Crippen LogP contribution in [0.3, 0.4) is 0 Å². The molecule has 3 rings (SSSR count). The Bertz CT molecular complexity index is 389. The Morgan fingerprint density at radius 1 is 1.28 bits per heavy atom. The minimum absolute atomic E-state index is 0.381. The van der Waals surface area contributed by atoms with Crippen molar-refractivity contribution in [3.63, 3.8) is 0 Å². The molecule has 0 spiro atoms. The predicted octanol–water partition coefficient (Wildman–Crippen LogP) is 3.83. The highest BCUT2D eigenvalue weighted by Crippen LogP contribution is 2.45. The summed E-state index contributed by atoms with van der Waals surface area (Å²) in [6.45, 7) is 1.10. The SMILES string of the molecule is CNCC1(c2nc(C3CCCCC3)cs2)CCC1. The van der Waals surface area contributed by atoms with Crippen molar-refractivity contribution in [3.8, 4) is 0 Å². The zero-order chi connectivity index (χ0) is 12.4. The molecule has 0 amide bonds. The largest absolute Gasteiger partial charge is 0.319 e. The van der Waals surface area contributed by atoms with Crippen LogP contribution in [-0.2, 0) is 5.41 Å². The van der Waals surface area contributed by atoms with E-state index in [1.165, 1.54) is 62.1 Å². The van der Waals surface area contributed by atoms with Crippen LogP contribution in [0.1, 0.15) is 68.0 Å². The topological polar surface area (TPSA) is 24.9 Å². The number of hydrogen-bond acceptors (Lipinski definition) is 3. The molecule has 2 fully saturated rings. The van der Waals surface area contributed by atoms with Gasteiger partial charge in [-0.05, 0) is 32.7 Å². The fourth-order valence-electron chi connectivity index (χ4n) is 3.52. The maximum Gasteiger partial charge on any atom is 0.100 e. The normalized spacial score (nSPS) is 23.8. The molecule has 0 atom stereocenters. The van der Waals surface area contributed by atoms with Gasteiger partial charge in [-0.15, -0.1) is 11.3 Å². The van der Waals surface area contributed by atoms with Crippen molar-refractivity contribution in [2.75, 3.05) is 13.6 Å².